The number of benzene rings is 1. The molecule has 1 aromatic carbocycles. The summed E-state index contributed by atoms with van der Waals surface area (Å²) in [5.41, 5.74) is 1.66. The molecule has 1 atom stereocenters. The third kappa shape index (κ3) is 3.71. The van der Waals surface area contributed by atoms with Gasteiger partial charge in [0.05, 0.1) is 7.11 Å². The maximum atomic E-state index is 12.0. The van der Waals surface area contributed by atoms with Crippen LogP contribution in [-0.2, 0) is 11.3 Å². The van der Waals surface area contributed by atoms with Gasteiger partial charge in [-0.1, -0.05) is 36.4 Å². The molecule has 4 nitrogen and oxygen atoms in total. The zero-order valence-electron chi connectivity index (χ0n) is 11.0. The molecule has 0 fully saturated rings. The summed E-state index contributed by atoms with van der Waals surface area (Å²) in [5, 5.41) is 2.09. The van der Waals surface area contributed by atoms with Gasteiger partial charge in [0, 0.05) is 18.8 Å². The van der Waals surface area contributed by atoms with E-state index in [1.165, 1.54) is 0 Å². The van der Waals surface area contributed by atoms with Crippen molar-refractivity contribution >= 4 is 17.5 Å². The molecule has 104 valence electrons. The largest absolute Gasteiger partial charge is 0.481 e. The van der Waals surface area contributed by atoms with Crippen LogP contribution in [0.25, 0.3) is 0 Å². The Morgan fingerprint density at radius 2 is 2.05 bits per heavy atom. The lowest BCUT2D eigenvalue weighted by Gasteiger charge is -2.10. The van der Waals surface area contributed by atoms with Crippen LogP contribution in [0.3, 0.4) is 0 Å². The topological polar surface area (TPSA) is 51.2 Å². The van der Waals surface area contributed by atoms with E-state index in [4.69, 9.17) is 16.3 Å². The fraction of sp³-hybridized carbons (Fsp3) is 0.200. The van der Waals surface area contributed by atoms with Crippen molar-refractivity contribution in [3.05, 3.63) is 59.8 Å². The highest BCUT2D eigenvalue weighted by atomic mass is 35.5. The Balaban J connectivity index is 1.91. The molecule has 0 aliphatic carbocycles. The molecule has 1 amide bonds. The van der Waals surface area contributed by atoms with Gasteiger partial charge in [0.2, 0.25) is 11.8 Å². The fourth-order valence-electron chi connectivity index (χ4n) is 1.69. The summed E-state index contributed by atoms with van der Waals surface area (Å²) in [6, 6.07) is 12.8. The molecular formula is C15H15ClN2O2. The van der Waals surface area contributed by atoms with E-state index in [0.717, 1.165) is 11.1 Å². The molecule has 2 aromatic rings. The van der Waals surface area contributed by atoms with Gasteiger partial charge in [-0.3, -0.25) is 4.79 Å². The van der Waals surface area contributed by atoms with E-state index >= 15 is 0 Å². The second-order valence-electron chi connectivity index (χ2n) is 4.20. The standard InChI is InChI=1S/C15H15ClN2O2/c1-20-13-8-7-11(9-17-13)10-18-15(19)14(16)12-5-3-2-4-6-12/h2-9,14H,10H2,1H3,(H,18,19). The number of halogens is 1. The van der Waals surface area contributed by atoms with Crippen molar-refractivity contribution in [1.29, 1.82) is 0 Å². The first-order valence-corrected chi connectivity index (χ1v) is 6.60. The first-order valence-electron chi connectivity index (χ1n) is 6.16. The molecule has 0 saturated heterocycles. The van der Waals surface area contributed by atoms with Crippen LogP contribution in [0.2, 0.25) is 0 Å². The van der Waals surface area contributed by atoms with Gasteiger partial charge in [-0.05, 0) is 11.1 Å². The molecule has 20 heavy (non-hydrogen) atoms. The van der Waals surface area contributed by atoms with Crippen LogP contribution >= 0.6 is 11.6 Å². The molecule has 0 saturated carbocycles. The Bertz CT molecular complexity index is 558. The predicted octanol–water partition coefficient (Wildman–Crippen LogP) is 2.69. The van der Waals surface area contributed by atoms with Gasteiger partial charge in [-0.25, -0.2) is 4.98 Å². The molecule has 1 heterocycles. The number of hydrogen-bond acceptors (Lipinski definition) is 3. The summed E-state index contributed by atoms with van der Waals surface area (Å²) in [6.45, 7) is 0.381. The Morgan fingerprint density at radius 1 is 1.30 bits per heavy atom. The van der Waals surface area contributed by atoms with Gasteiger partial charge in [0.25, 0.3) is 0 Å². The maximum Gasteiger partial charge on any atom is 0.242 e. The van der Waals surface area contributed by atoms with Crippen LogP contribution in [0.4, 0.5) is 0 Å². The number of carbonyl (C=O) groups is 1. The van der Waals surface area contributed by atoms with Crippen molar-refractivity contribution in [1.82, 2.24) is 10.3 Å². The fourth-order valence-corrected chi connectivity index (χ4v) is 1.91. The normalized spacial score (nSPS) is 11.7. The van der Waals surface area contributed by atoms with Crippen molar-refractivity contribution in [2.24, 2.45) is 0 Å². The summed E-state index contributed by atoms with van der Waals surface area (Å²) < 4.78 is 4.97. The van der Waals surface area contributed by atoms with Crippen LogP contribution < -0.4 is 10.1 Å². The average Bonchev–Trinajstić information content (AvgIpc) is 2.53. The van der Waals surface area contributed by atoms with Gasteiger partial charge in [-0.2, -0.15) is 0 Å². The second kappa shape index (κ2) is 6.91. The van der Waals surface area contributed by atoms with Crippen molar-refractivity contribution in [2.75, 3.05) is 7.11 Å². The van der Waals surface area contributed by atoms with Crippen molar-refractivity contribution in [3.63, 3.8) is 0 Å². The molecule has 1 unspecified atom stereocenters. The first kappa shape index (κ1) is 14.3. The summed E-state index contributed by atoms with van der Waals surface area (Å²) in [7, 11) is 1.56. The van der Waals surface area contributed by atoms with E-state index < -0.39 is 5.38 Å². The Morgan fingerprint density at radius 3 is 2.65 bits per heavy atom. The number of alkyl halides is 1. The summed E-state index contributed by atoms with van der Waals surface area (Å²) in [5.74, 6) is 0.313. The highest BCUT2D eigenvalue weighted by Gasteiger charge is 2.16. The van der Waals surface area contributed by atoms with Gasteiger partial charge in [0.15, 0.2) is 0 Å². The molecule has 0 bridgehead atoms. The number of carbonyl (C=O) groups excluding carboxylic acids is 1. The molecule has 2 rings (SSSR count). The minimum absolute atomic E-state index is 0.228. The lowest BCUT2D eigenvalue weighted by molar-refractivity contribution is -0.121. The number of rotatable bonds is 5. The highest BCUT2D eigenvalue weighted by molar-refractivity contribution is 6.30. The lowest BCUT2D eigenvalue weighted by atomic mass is 10.1. The molecule has 5 heteroatoms. The van der Waals surface area contributed by atoms with Crippen LogP contribution in [0.1, 0.15) is 16.5 Å². The zero-order valence-corrected chi connectivity index (χ0v) is 11.8. The number of ether oxygens (including phenoxy) is 1. The first-order chi connectivity index (χ1) is 9.70. The number of methoxy groups -OCH3 is 1. The van der Waals surface area contributed by atoms with Crippen LogP contribution in [0, 0.1) is 0 Å². The number of hydrogen-bond donors (Lipinski definition) is 1. The van der Waals surface area contributed by atoms with E-state index in [1.807, 2.05) is 36.4 Å². The number of nitrogens with one attached hydrogen (secondary N) is 1. The van der Waals surface area contributed by atoms with E-state index in [1.54, 1.807) is 19.4 Å². The summed E-state index contributed by atoms with van der Waals surface area (Å²) in [6.07, 6.45) is 1.66. The number of pyridine rings is 1. The SMILES string of the molecule is COc1ccc(CNC(=O)C(Cl)c2ccccc2)cn1. The van der Waals surface area contributed by atoms with Crippen molar-refractivity contribution in [2.45, 2.75) is 11.9 Å². The van der Waals surface area contributed by atoms with Gasteiger partial charge < -0.3 is 10.1 Å². The quantitative estimate of drug-likeness (QED) is 0.862. The van der Waals surface area contributed by atoms with E-state index in [0.29, 0.717) is 12.4 Å². The molecule has 1 N–H and O–H groups in total. The molecule has 0 radical (unpaired) electrons. The van der Waals surface area contributed by atoms with E-state index in [2.05, 4.69) is 10.3 Å². The third-order valence-electron chi connectivity index (χ3n) is 2.80. The number of nitrogens with zero attached hydrogens (tertiary/aromatic N) is 1. The monoisotopic (exact) mass is 290 g/mol. The number of aromatic nitrogens is 1. The van der Waals surface area contributed by atoms with Crippen molar-refractivity contribution in [3.8, 4) is 5.88 Å². The van der Waals surface area contributed by atoms with Crippen LogP contribution in [0.5, 0.6) is 5.88 Å². The number of amides is 1. The second-order valence-corrected chi connectivity index (χ2v) is 4.64. The van der Waals surface area contributed by atoms with E-state index in [-0.39, 0.29) is 5.91 Å². The minimum atomic E-state index is -0.692. The molecule has 0 aliphatic heterocycles. The van der Waals surface area contributed by atoms with E-state index in [9.17, 15) is 4.79 Å². The Hall–Kier alpha value is -2.07. The Labute approximate surface area is 122 Å². The average molecular weight is 291 g/mol. The van der Waals surface area contributed by atoms with Crippen molar-refractivity contribution < 1.29 is 9.53 Å². The summed E-state index contributed by atoms with van der Waals surface area (Å²) >= 11 is 6.12. The van der Waals surface area contributed by atoms with Gasteiger partial charge in [0.1, 0.15) is 5.38 Å². The minimum Gasteiger partial charge on any atom is -0.481 e. The highest BCUT2D eigenvalue weighted by Crippen LogP contribution is 2.20. The molecule has 0 aliphatic rings. The molecule has 0 spiro atoms. The summed E-state index contributed by atoms with van der Waals surface area (Å²) in [4.78, 5) is 16.0. The Kier molecular flexibility index (Phi) is 4.96. The molecule has 1 aromatic heterocycles. The van der Waals surface area contributed by atoms with Gasteiger partial charge in [-0.15, -0.1) is 11.6 Å². The van der Waals surface area contributed by atoms with Crippen LogP contribution in [-0.4, -0.2) is 18.0 Å². The zero-order chi connectivity index (χ0) is 14.4. The maximum absolute atomic E-state index is 12.0. The van der Waals surface area contributed by atoms with Crippen LogP contribution in [0.15, 0.2) is 48.7 Å². The lowest BCUT2D eigenvalue weighted by Crippen LogP contribution is -2.26. The van der Waals surface area contributed by atoms with Gasteiger partial charge >= 0.3 is 0 Å². The third-order valence-corrected chi connectivity index (χ3v) is 3.25. The molecular weight excluding hydrogens is 276 g/mol. The predicted molar refractivity (Wildman–Crippen MR) is 77.7 cm³/mol. The smallest absolute Gasteiger partial charge is 0.242 e.